The number of hydrogen-bond acceptors (Lipinski definition) is 4. The van der Waals surface area contributed by atoms with E-state index >= 15 is 0 Å². The second-order valence-corrected chi connectivity index (χ2v) is 6.18. The van der Waals surface area contributed by atoms with E-state index in [0.29, 0.717) is 17.0 Å². The number of non-ortho nitro benzene ring substituents is 1. The van der Waals surface area contributed by atoms with Crippen LogP contribution in [0.15, 0.2) is 65.1 Å². The molecule has 0 fully saturated rings. The zero-order valence-electron chi connectivity index (χ0n) is 12.2. The lowest BCUT2D eigenvalue weighted by Crippen LogP contribution is -2.10. The highest BCUT2D eigenvalue weighted by atomic mass is 127. The number of rotatable bonds is 4. The van der Waals surface area contributed by atoms with Crippen LogP contribution in [0.2, 0.25) is 0 Å². The van der Waals surface area contributed by atoms with E-state index < -0.39 is 4.92 Å². The van der Waals surface area contributed by atoms with E-state index in [2.05, 4.69) is 27.9 Å². The summed E-state index contributed by atoms with van der Waals surface area (Å²) >= 11 is 2.18. The Balaban J connectivity index is 1.80. The molecule has 7 heteroatoms. The van der Waals surface area contributed by atoms with Gasteiger partial charge in [-0.25, -0.2) is 0 Å². The normalized spacial score (nSPS) is 10.4. The Morgan fingerprint density at radius 3 is 2.54 bits per heavy atom. The molecule has 1 aromatic heterocycles. The summed E-state index contributed by atoms with van der Waals surface area (Å²) < 4.78 is 6.59. The molecule has 0 aliphatic rings. The molecular weight excluding hydrogens is 423 g/mol. The number of amides is 1. The Kier molecular flexibility index (Phi) is 4.61. The maximum Gasteiger partial charge on any atom is 0.291 e. The number of nitro groups is 1. The van der Waals surface area contributed by atoms with Crippen molar-refractivity contribution in [1.82, 2.24) is 0 Å². The molecule has 1 N–H and O–H groups in total. The summed E-state index contributed by atoms with van der Waals surface area (Å²) in [5, 5.41) is 13.6. The second-order valence-electron chi connectivity index (χ2n) is 4.93. The van der Waals surface area contributed by atoms with Crippen LogP contribution in [0, 0.1) is 13.7 Å². The summed E-state index contributed by atoms with van der Waals surface area (Å²) in [4.78, 5) is 22.6. The van der Waals surface area contributed by atoms with Crippen molar-refractivity contribution in [3.63, 3.8) is 0 Å². The highest BCUT2D eigenvalue weighted by Gasteiger charge is 2.14. The monoisotopic (exact) mass is 434 g/mol. The van der Waals surface area contributed by atoms with Gasteiger partial charge in [0.25, 0.3) is 11.6 Å². The van der Waals surface area contributed by atoms with E-state index in [-0.39, 0.29) is 17.4 Å². The fraction of sp³-hybridized carbons (Fsp3) is 0. The van der Waals surface area contributed by atoms with Crippen LogP contribution in [0.4, 0.5) is 11.4 Å². The number of nitro benzene ring substituents is 1. The Hall–Kier alpha value is -2.68. The van der Waals surface area contributed by atoms with E-state index in [1.807, 2.05) is 12.1 Å². The molecule has 3 rings (SSSR count). The number of hydrogen-bond donors (Lipinski definition) is 1. The van der Waals surface area contributed by atoms with Crippen molar-refractivity contribution in [2.45, 2.75) is 0 Å². The average molecular weight is 434 g/mol. The van der Waals surface area contributed by atoms with Crippen molar-refractivity contribution in [3.8, 4) is 11.3 Å². The fourth-order valence-electron chi connectivity index (χ4n) is 2.11. The van der Waals surface area contributed by atoms with E-state index in [1.54, 1.807) is 30.3 Å². The fourth-order valence-corrected chi connectivity index (χ4v) is 2.47. The highest BCUT2D eigenvalue weighted by Crippen LogP contribution is 2.26. The van der Waals surface area contributed by atoms with Crippen LogP contribution in [-0.4, -0.2) is 10.8 Å². The Morgan fingerprint density at radius 2 is 1.83 bits per heavy atom. The molecule has 1 amide bonds. The van der Waals surface area contributed by atoms with Crippen LogP contribution in [0.5, 0.6) is 0 Å². The smallest absolute Gasteiger partial charge is 0.291 e. The minimum atomic E-state index is -0.475. The predicted molar refractivity (Wildman–Crippen MR) is 97.9 cm³/mol. The number of nitrogens with one attached hydrogen (secondary N) is 1. The molecule has 0 aliphatic carbocycles. The standard InChI is InChI=1S/C17H11IN2O4/c18-12-4-6-13(7-5-12)19-17(21)16-9-8-15(24-16)11-2-1-3-14(10-11)20(22)23/h1-10H,(H,19,21). The van der Waals surface area contributed by atoms with Gasteiger partial charge in [0.2, 0.25) is 0 Å². The zero-order valence-corrected chi connectivity index (χ0v) is 14.4. The molecule has 0 radical (unpaired) electrons. The number of benzene rings is 2. The quantitative estimate of drug-likeness (QED) is 0.366. The largest absolute Gasteiger partial charge is 0.451 e. The highest BCUT2D eigenvalue weighted by molar-refractivity contribution is 14.1. The third kappa shape index (κ3) is 3.62. The first-order chi connectivity index (χ1) is 11.5. The first-order valence-corrected chi connectivity index (χ1v) is 8.02. The Bertz CT molecular complexity index is 903. The van der Waals surface area contributed by atoms with Crippen molar-refractivity contribution in [2.75, 3.05) is 5.32 Å². The van der Waals surface area contributed by atoms with Crippen molar-refractivity contribution in [3.05, 3.63) is 80.1 Å². The number of carbonyl (C=O) groups is 1. The lowest BCUT2D eigenvalue weighted by atomic mass is 10.1. The molecule has 1 heterocycles. The SMILES string of the molecule is O=C(Nc1ccc(I)cc1)c1ccc(-c2cccc([N+](=O)[O-])c2)o1. The minimum absolute atomic E-state index is 0.0335. The van der Waals surface area contributed by atoms with Gasteiger partial charge in [-0.1, -0.05) is 12.1 Å². The zero-order chi connectivity index (χ0) is 17.1. The molecule has 3 aromatic rings. The molecule has 0 unspecified atom stereocenters. The average Bonchev–Trinajstić information content (AvgIpc) is 3.07. The van der Waals surface area contributed by atoms with Crippen LogP contribution in [0.25, 0.3) is 11.3 Å². The first kappa shape index (κ1) is 16.2. The van der Waals surface area contributed by atoms with Gasteiger partial charge in [-0.3, -0.25) is 14.9 Å². The van der Waals surface area contributed by atoms with Crippen molar-refractivity contribution < 1.29 is 14.1 Å². The topological polar surface area (TPSA) is 85.4 Å². The molecular formula is C17H11IN2O4. The van der Waals surface area contributed by atoms with E-state index in [4.69, 9.17) is 4.42 Å². The van der Waals surface area contributed by atoms with Gasteiger partial charge in [-0.2, -0.15) is 0 Å². The molecule has 0 atom stereocenters. The number of carbonyl (C=O) groups excluding carboxylic acids is 1. The molecule has 0 saturated heterocycles. The van der Waals surface area contributed by atoms with Gasteiger partial charge in [0.15, 0.2) is 5.76 Å². The molecule has 6 nitrogen and oxygen atoms in total. The van der Waals surface area contributed by atoms with Crippen LogP contribution in [-0.2, 0) is 0 Å². The van der Waals surface area contributed by atoms with Gasteiger partial charge in [0.05, 0.1) is 4.92 Å². The van der Waals surface area contributed by atoms with Crippen molar-refractivity contribution in [2.24, 2.45) is 0 Å². The Labute approximate surface area is 150 Å². The third-order valence-corrected chi connectivity index (χ3v) is 3.99. The van der Waals surface area contributed by atoms with Gasteiger partial charge in [-0.05, 0) is 59.0 Å². The molecule has 0 bridgehead atoms. The van der Waals surface area contributed by atoms with E-state index in [1.165, 1.54) is 18.2 Å². The maximum atomic E-state index is 12.2. The summed E-state index contributed by atoms with van der Waals surface area (Å²) in [5.41, 5.74) is 1.17. The summed E-state index contributed by atoms with van der Waals surface area (Å²) in [5.74, 6) is 0.148. The maximum absolute atomic E-state index is 12.2. The number of anilines is 1. The lowest BCUT2D eigenvalue weighted by molar-refractivity contribution is -0.384. The van der Waals surface area contributed by atoms with Crippen molar-refractivity contribution >= 4 is 39.9 Å². The second kappa shape index (κ2) is 6.83. The summed E-state index contributed by atoms with van der Waals surface area (Å²) in [7, 11) is 0. The van der Waals surface area contributed by atoms with E-state index in [0.717, 1.165) is 3.57 Å². The van der Waals surface area contributed by atoms with E-state index in [9.17, 15) is 14.9 Å². The summed E-state index contributed by atoms with van der Waals surface area (Å²) in [6.45, 7) is 0. The van der Waals surface area contributed by atoms with Crippen LogP contribution in [0.3, 0.4) is 0 Å². The van der Waals surface area contributed by atoms with Gasteiger partial charge in [0.1, 0.15) is 5.76 Å². The minimum Gasteiger partial charge on any atom is -0.451 e. The first-order valence-electron chi connectivity index (χ1n) is 6.94. The van der Waals surface area contributed by atoms with Gasteiger partial charge < -0.3 is 9.73 Å². The van der Waals surface area contributed by atoms with Gasteiger partial charge >= 0.3 is 0 Å². The molecule has 120 valence electrons. The number of nitrogens with zero attached hydrogens (tertiary/aromatic N) is 1. The van der Waals surface area contributed by atoms with Crippen LogP contribution < -0.4 is 5.32 Å². The summed E-state index contributed by atoms with van der Waals surface area (Å²) in [6, 6.07) is 16.6. The van der Waals surface area contributed by atoms with Gasteiger partial charge in [-0.15, -0.1) is 0 Å². The van der Waals surface area contributed by atoms with Gasteiger partial charge in [0, 0.05) is 27.0 Å². The molecule has 0 spiro atoms. The predicted octanol–water partition coefficient (Wildman–Crippen LogP) is 4.71. The third-order valence-electron chi connectivity index (χ3n) is 3.27. The number of furan rings is 1. The van der Waals surface area contributed by atoms with Crippen LogP contribution in [0.1, 0.15) is 10.6 Å². The number of halogens is 1. The summed E-state index contributed by atoms with van der Waals surface area (Å²) in [6.07, 6.45) is 0. The molecule has 2 aromatic carbocycles. The van der Waals surface area contributed by atoms with Crippen molar-refractivity contribution in [1.29, 1.82) is 0 Å². The molecule has 24 heavy (non-hydrogen) atoms. The molecule has 0 aliphatic heterocycles. The van der Waals surface area contributed by atoms with Crippen LogP contribution >= 0.6 is 22.6 Å². The Morgan fingerprint density at radius 1 is 1.08 bits per heavy atom. The molecule has 0 saturated carbocycles. The lowest BCUT2D eigenvalue weighted by Gasteiger charge is -2.03.